The highest BCUT2D eigenvalue weighted by Crippen LogP contribution is 2.25. The van der Waals surface area contributed by atoms with Gasteiger partial charge in [-0.25, -0.2) is 4.79 Å². The Morgan fingerprint density at radius 2 is 2.26 bits per heavy atom. The number of amides is 1. The molecule has 1 amide bonds. The van der Waals surface area contributed by atoms with E-state index >= 15 is 0 Å². The second kappa shape index (κ2) is 7.75. The van der Waals surface area contributed by atoms with Crippen LogP contribution in [0.4, 0.5) is 0 Å². The number of carbonyl (C=O) groups is 2. The first-order valence-corrected chi connectivity index (χ1v) is 6.68. The summed E-state index contributed by atoms with van der Waals surface area (Å²) in [6, 6.07) is 1.54. The monoisotopic (exact) mass is 287 g/mol. The van der Waals surface area contributed by atoms with Gasteiger partial charge in [0.05, 0.1) is 0 Å². The van der Waals surface area contributed by atoms with Gasteiger partial charge >= 0.3 is 5.97 Å². The first-order chi connectivity index (χ1) is 9.06. The van der Waals surface area contributed by atoms with E-state index in [1.54, 1.807) is 25.5 Å². The zero-order valence-electron chi connectivity index (χ0n) is 10.8. The number of thiophene rings is 1. The summed E-state index contributed by atoms with van der Waals surface area (Å²) in [4.78, 5) is 22.7. The molecule has 0 aliphatic carbocycles. The van der Waals surface area contributed by atoms with Crippen LogP contribution in [0.3, 0.4) is 0 Å². The van der Waals surface area contributed by atoms with E-state index < -0.39 is 12.1 Å². The Hall–Kier alpha value is -1.60. The normalized spacial score (nSPS) is 11.9. The standard InChI is InChI=1S/C12H17NO5S/c1-8(11(14)13-5-3-6-17-2)18-9-4-7-19-10(9)12(15)16/h4,7-8H,3,5-6H2,1-2H3,(H,13,14)(H,15,16). The van der Waals surface area contributed by atoms with Crippen LogP contribution in [0.1, 0.15) is 23.0 Å². The van der Waals surface area contributed by atoms with Gasteiger partial charge in [-0.3, -0.25) is 4.79 Å². The Bertz CT molecular complexity index is 432. The maximum Gasteiger partial charge on any atom is 0.349 e. The smallest absolute Gasteiger partial charge is 0.349 e. The molecule has 0 aromatic carbocycles. The number of hydrogen-bond donors (Lipinski definition) is 2. The molecule has 1 heterocycles. The van der Waals surface area contributed by atoms with E-state index in [1.807, 2.05) is 0 Å². The quantitative estimate of drug-likeness (QED) is 0.705. The predicted molar refractivity (Wildman–Crippen MR) is 70.9 cm³/mol. The van der Waals surface area contributed by atoms with Crippen molar-refractivity contribution in [3.05, 3.63) is 16.3 Å². The van der Waals surface area contributed by atoms with Crippen molar-refractivity contribution in [3.63, 3.8) is 0 Å². The van der Waals surface area contributed by atoms with Gasteiger partial charge in [-0.05, 0) is 24.8 Å². The summed E-state index contributed by atoms with van der Waals surface area (Å²) in [5.74, 6) is -1.12. The van der Waals surface area contributed by atoms with Crippen LogP contribution < -0.4 is 10.1 Å². The molecule has 0 aliphatic rings. The zero-order valence-corrected chi connectivity index (χ0v) is 11.7. The van der Waals surface area contributed by atoms with Gasteiger partial charge in [0, 0.05) is 20.3 Å². The van der Waals surface area contributed by atoms with Gasteiger partial charge in [0.15, 0.2) is 11.0 Å². The van der Waals surface area contributed by atoms with Gasteiger partial charge in [-0.2, -0.15) is 0 Å². The summed E-state index contributed by atoms with van der Waals surface area (Å²) in [6.45, 7) is 2.65. The number of aromatic carboxylic acids is 1. The van der Waals surface area contributed by atoms with E-state index in [0.717, 1.165) is 11.3 Å². The number of ether oxygens (including phenoxy) is 2. The first-order valence-electron chi connectivity index (χ1n) is 5.80. The summed E-state index contributed by atoms with van der Waals surface area (Å²) >= 11 is 1.06. The van der Waals surface area contributed by atoms with Crippen molar-refractivity contribution >= 4 is 23.2 Å². The number of nitrogens with one attached hydrogen (secondary N) is 1. The van der Waals surface area contributed by atoms with Crippen molar-refractivity contribution in [1.82, 2.24) is 5.32 Å². The van der Waals surface area contributed by atoms with E-state index in [9.17, 15) is 9.59 Å². The van der Waals surface area contributed by atoms with E-state index in [4.69, 9.17) is 14.6 Å². The molecule has 1 unspecified atom stereocenters. The summed E-state index contributed by atoms with van der Waals surface area (Å²) in [7, 11) is 1.59. The minimum absolute atomic E-state index is 0.0963. The molecule has 1 rings (SSSR count). The largest absolute Gasteiger partial charge is 0.479 e. The fourth-order valence-electron chi connectivity index (χ4n) is 1.36. The van der Waals surface area contributed by atoms with Gasteiger partial charge in [0.2, 0.25) is 0 Å². The van der Waals surface area contributed by atoms with Crippen LogP contribution in [0.25, 0.3) is 0 Å². The van der Waals surface area contributed by atoms with Gasteiger partial charge < -0.3 is 19.9 Å². The molecule has 0 aliphatic heterocycles. The van der Waals surface area contributed by atoms with Gasteiger partial charge in [0.1, 0.15) is 5.75 Å². The third kappa shape index (κ3) is 4.88. The lowest BCUT2D eigenvalue weighted by Crippen LogP contribution is -2.37. The van der Waals surface area contributed by atoms with Crippen LogP contribution in [0.15, 0.2) is 11.4 Å². The molecule has 0 radical (unpaired) electrons. The molecule has 2 N–H and O–H groups in total. The first kappa shape index (κ1) is 15.5. The highest BCUT2D eigenvalue weighted by Gasteiger charge is 2.19. The summed E-state index contributed by atoms with van der Waals surface area (Å²) in [5.41, 5.74) is 0. The third-order valence-electron chi connectivity index (χ3n) is 2.32. The van der Waals surface area contributed by atoms with Crippen LogP contribution >= 0.6 is 11.3 Å². The van der Waals surface area contributed by atoms with Crippen molar-refractivity contribution in [1.29, 1.82) is 0 Å². The second-order valence-corrected chi connectivity index (χ2v) is 4.73. The van der Waals surface area contributed by atoms with E-state index in [0.29, 0.717) is 19.6 Å². The predicted octanol–water partition coefficient (Wildman–Crippen LogP) is 1.37. The molecule has 106 valence electrons. The number of carbonyl (C=O) groups excluding carboxylic acids is 1. The molecule has 0 spiro atoms. The lowest BCUT2D eigenvalue weighted by atomic mass is 10.3. The molecule has 1 atom stereocenters. The van der Waals surface area contributed by atoms with Crippen molar-refractivity contribution in [3.8, 4) is 5.75 Å². The van der Waals surface area contributed by atoms with Gasteiger partial charge in [-0.1, -0.05) is 0 Å². The number of carboxylic acids is 1. The third-order valence-corrected chi connectivity index (χ3v) is 3.20. The molecule has 1 aromatic rings. The molecule has 0 saturated heterocycles. The molecule has 6 nitrogen and oxygen atoms in total. The molecular formula is C12H17NO5S. The van der Waals surface area contributed by atoms with Crippen LogP contribution in [-0.2, 0) is 9.53 Å². The maximum atomic E-state index is 11.7. The summed E-state index contributed by atoms with van der Waals surface area (Å²) in [6.07, 6.45) is -0.0245. The molecule has 19 heavy (non-hydrogen) atoms. The van der Waals surface area contributed by atoms with Gasteiger partial charge in [0.25, 0.3) is 5.91 Å². The highest BCUT2D eigenvalue weighted by atomic mass is 32.1. The van der Waals surface area contributed by atoms with Crippen molar-refractivity contribution in [2.75, 3.05) is 20.3 Å². The fourth-order valence-corrected chi connectivity index (χ4v) is 2.02. The van der Waals surface area contributed by atoms with E-state index in [2.05, 4.69) is 5.32 Å². The summed E-state index contributed by atoms with van der Waals surface area (Å²) in [5, 5.41) is 13.2. The molecule has 0 saturated carbocycles. The Balaban J connectivity index is 2.45. The average Bonchev–Trinajstić information content (AvgIpc) is 2.82. The Kier molecular flexibility index (Phi) is 6.31. The number of carboxylic acid groups (broad SMARTS) is 1. The lowest BCUT2D eigenvalue weighted by Gasteiger charge is -2.14. The highest BCUT2D eigenvalue weighted by molar-refractivity contribution is 7.12. The Morgan fingerprint density at radius 1 is 1.53 bits per heavy atom. The van der Waals surface area contributed by atoms with Gasteiger partial charge in [-0.15, -0.1) is 11.3 Å². The minimum Gasteiger partial charge on any atom is -0.479 e. The van der Waals surface area contributed by atoms with Crippen molar-refractivity contribution in [2.24, 2.45) is 0 Å². The van der Waals surface area contributed by atoms with Crippen LogP contribution in [-0.4, -0.2) is 43.3 Å². The minimum atomic E-state index is -1.06. The zero-order chi connectivity index (χ0) is 14.3. The fraction of sp³-hybridized carbons (Fsp3) is 0.500. The lowest BCUT2D eigenvalue weighted by molar-refractivity contribution is -0.127. The molecule has 0 fully saturated rings. The molecular weight excluding hydrogens is 270 g/mol. The second-order valence-electron chi connectivity index (χ2n) is 3.82. The van der Waals surface area contributed by atoms with E-state index in [-0.39, 0.29) is 16.5 Å². The Labute approximate surface area is 115 Å². The van der Waals surface area contributed by atoms with Crippen LogP contribution in [0.5, 0.6) is 5.75 Å². The van der Waals surface area contributed by atoms with Crippen molar-refractivity contribution in [2.45, 2.75) is 19.4 Å². The number of rotatable bonds is 8. The topological polar surface area (TPSA) is 84.9 Å². The summed E-state index contributed by atoms with van der Waals surface area (Å²) < 4.78 is 10.2. The van der Waals surface area contributed by atoms with Crippen molar-refractivity contribution < 1.29 is 24.2 Å². The Morgan fingerprint density at radius 3 is 2.89 bits per heavy atom. The molecule has 7 heteroatoms. The maximum absolute atomic E-state index is 11.7. The van der Waals surface area contributed by atoms with Crippen LogP contribution in [0.2, 0.25) is 0 Å². The molecule has 1 aromatic heterocycles. The number of hydrogen-bond acceptors (Lipinski definition) is 5. The SMILES string of the molecule is COCCCNC(=O)C(C)Oc1ccsc1C(=O)O. The number of methoxy groups -OCH3 is 1. The van der Waals surface area contributed by atoms with Crippen LogP contribution in [0, 0.1) is 0 Å². The van der Waals surface area contributed by atoms with E-state index in [1.165, 1.54) is 0 Å². The molecule has 0 bridgehead atoms. The average molecular weight is 287 g/mol.